The van der Waals surface area contributed by atoms with Gasteiger partial charge in [0.15, 0.2) is 0 Å². The zero-order valence-corrected chi connectivity index (χ0v) is 15.0. The molecule has 9 heteroatoms. The molecule has 0 unspecified atom stereocenters. The molecule has 0 saturated carbocycles. The van der Waals surface area contributed by atoms with Crippen molar-refractivity contribution in [2.75, 3.05) is 17.2 Å². The lowest BCUT2D eigenvalue weighted by atomic mass is 10.2. The Morgan fingerprint density at radius 1 is 1.19 bits per heavy atom. The monoisotopic (exact) mass is 384 g/mol. The maximum Gasteiger partial charge on any atom is 0.243 e. The van der Waals surface area contributed by atoms with E-state index in [9.17, 15) is 4.79 Å². The number of amides is 1. The van der Waals surface area contributed by atoms with E-state index in [-0.39, 0.29) is 12.5 Å². The van der Waals surface area contributed by atoms with Gasteiger partial charge in [0.25, 0.3) is 0 Å². The number of hydrogen-bond donors (Lipinski definition) is 2. The van der Waals surface area contributed by atoms with Crippen LogP contribution in [-0.2, 0) is 4.79 Å². The highest BCUT2D eigenvalue weighted by molar-refractivity contribution is 7.00. The van der Waals surface area contributed by atoms with Gasteiger partial charge in [-0.3, -0.25) is 4.79 Å². The van der Waals surface area contributed by atoms with Crippen molar-refractivity contribution in [2.45, 2.75) is 0 Å². The van der Waals surface area contributed by atoms with E-state index in [4.69, 9.17) is 11.6 Å². The van der Waals surface area contributed by atoms with E-state index in [0.29, 0.717) is 16.2 Å². The number of benzene rings is 2. The summed E-state index contributed by atoms with van der Waals surface area (Å²) in [5.41, 5.74) is 3.62. The van der Waals surface area contributed by atoms with E-state index in [1.807, 2.05) is 36.5 Å². The van der Waals surface area contributed by atoms with Crippen LogP contribution in [0.3, 0.4) is 0 Å². The first-order chi connectivity index (χ1) is 12.7. The van der Waals surface area contributed by atoms with E-state index in [1.54, 1.807) is 23.0 Å². The van der Waals surface area contributed by atoms with Gasteiger partial charge in [-0.25, -0.2) is 4.68 Å². The summed E-state index contributed by atoms with van der Waals surface area (Å²) in [6.07, 6.45) is 3.50. The minimum atomic E-state index is -0.183. The molecular weight excluding hydrogens is 372 g/mol. The number of anilines is 2. The second-order valence-electron chi connectivity index (χ2n) is 5.46. The van der Waals surface area contributed by atoms with Crippen LogP contribution in [0.4, 0.5) is 11.4 Å². The Bertz CT molecular complexity index is 1060. The molecule has 0 aliphatic carbocycles. The number of aromatic nitrogens is 4. The summed E-state index contributed by atoms with van der Waals surface area (Å²) < 4.78 is 10.0. The second-order valence-corrected chi connectivity index (χ2v) is 6.39. The Balaban J connectivity index is 1.41. The maximum absolute atomic E-state index is 12.2. The van der Waals surface area contributed by atoms with Gasteiger partial charge in [0.2, 0.25) is 5.91 Å². The van der Waals surface area contributed by atoms with Gasteiger partial charge >= 0.3 is 0 Å². The fraction of sp³-hybridized carbons (Fsp3) is 0.0588. The van der Waals surface area contributed by atoms with Crippen molar-refractivity contribution in [1.29, 1.82) is 0 Å². The molecule has 0 aliphatic heterocycles. The average molecular weight is 385 g/mol. The molecule has 2 N–H and O–H groups in total. The molecule has 2 aromatic heterocycles. The lowest BCUT2D eigenvalue weighted by Crippen LogP contribution is -2.21. The standard InChI is InChI=1S/C17H13ClN6OS/c18-12-9-11(5-6-15(12)24-8-2-7-20-24)19-10-16(25)21-13-3-1-4-14-17(13)23-26-22-14/h1-9,19H,10H2,(H,21,25). The number of carbonyl (C=O) groups is 1. The smallest absolute Gasteiger partial charge is 0.243 e. The SMILES string of the molecule is O=C(CNc1ccc(-n2cccn2)c(Cl)c1)Nc1cccc2nsnc12. The summed E-state index contributed by atoms with van der Waals surface area (Å²) in [7, 11) is 0. The Hall–Kier alpha value is -2.97. The third-order valence-corrected chi connectivity index (χ3v) is 4.56. The fourth-order valence-electron chi connectivity index (χ4n) is 2.50. The molecule has 0 fully saturated rings. The van der Waals surface area contributed by atoms with Gasteiger partial charge in [-0.15, -0.1) is 0 Å². The summed E-state index contributed by atoms with van der Waals surface area (Å²) >= 11 is 7.42. The van der Waals surface area contributed by atoms with Crippen LogP contribution in [0.15, 0.2) is 54.9 Å². The molecule has 0 radical (unpaired) electrons. The van der Waals surface area contributed by atoms with Crippen LogP contribution in [0.1, 0.15) is 0 Å². The van der Waals surface area contributed by atoms with Crippen LogP contribution in [0.25, 0.3) is 16.7 Å². The minimum Gasteiger partial charge on any atom is -0.376 e. The highest BCUT2D eigenvalue weighted by atomic mass is 35.5. The molecule has 0 aliphatic rings. The van der Waals surface area contributed by atoms with Crippen LogP contribution < -0.4 is 10.6 Å². The van der Waals surface area contributed by atoms with Crippen LogP contribution in [0, 0.1) is 0 Å². The van der Waals surface area contributed by atoms with Gasteiger partial charge in [-0.05, 0) is 36.4 Å². The summed E-state index contributed by atoms with van der Waals surface area (Å²) in [5, 5.41) is 10.6. The van der Waals surface area contributed by atoms with Gasteiger partial charge in [-0.2, -0.15) is 13.8 Å². The van der Waals surface area contributed by atoms with Crippen molar-refractivity contribution in [3.05, 3.63) is 59.9 Å². The highest BCUT2D eigenvalue weighted by Crippen LogP contribution is 2.24. The molecule has 0 saturated heterocycles. The molecule has 2 heterocycles. The van der Waals surface area contributed by atoms with Gasteiger partial charge in [0, 0.05) is 18.1 Å². The van der Waals surface area contributed by atoms with E-state index >= 15 is 0 Å². The lowest BCUT2D eigenvalue weighted by Gasteiger charge is -2.10. The molecule has 7 nitrogen and oxygen atoms in total. The van der Waals surface area contributed by atoms with Crippen molar-refractivity contribution < 1.29 is 4.79 Å². The van der Waals surface area contributed by atoms with Crippen LogP contribution in [0.2, 0.25) is 5.02 Å². The van der Waals surface area contributed by atoms with E-state index in [2.05, 4.69) is 24.5 Å². The number of nitrogens with zero attached hydrogens (tertiary/aromatic N) is 4. The molecule has 2 aromatic carbocycles. The van der Waals surface area contributed by atoms with Crippen LogP contribution >= 0.6 is 23.3 Å². The quantitative estimate of drug-likeness (QED) is 0.549. The molecule has 0 spiro atoms. The second kappa shape index (κ2) is 7.11. The summed E-state index contributed by atoms with van der Waals surface area (Å²) in [6, 6.07) is 12.8. The third-order valence-electron chi connectivity index (χ3n) is 3.71. The number of fused-ring (bicyclic) bond motifs is 1. The van der Waals surface area contributed by atoms with Crippen molar-refractivity contribution in [3.63, 3.8) is 0 Å². The maximum atomic E-state index is 12.2. The molecule has 4 rings (SSSR count). The van der Waals surface area contributed by atoms with E-state index in [1.165, 1.54) is 0 Å². The predicted molar refractivity (Wildman–Crippen MR) is 103 cm³/mol. The molecule has 4 aromatic rings. The number of halogens is 1. The summed E-state index contributed by atoms with van der Waals surface area (Å²) in [5.74, 6) is -0.183. The summed E-state index contributed by atoms with van der Waals surface area (Å²) in [6.45, 7) is 0.103. The minimum absolute atomic E-state index is 0.103. The van der Waals surface area contributed by atoms with Crippen molar-refractivity contribution >= 4 is 51.6 Å². The van der Waals surface area contributed by atoms with Gasteiger partial charge in [0.1, 0.15) is 11.0 Å². The molecule has 26 heavy (non-hydrogen) atoms. The Morgan fingerprint density at radius 3 is 2.92 bits per heavy atom. The molecule has 1 amide bonds. The number of rotatable bonds is 5. The van der Waals surface area contributed by atoms with Gasteiger partial charge in [-0.1, -0.05) is 17.7 Å². The fourth-order valence-corrected chi connectivity index (χ4v) is 3.31. The first kappa shape index (κ1) is 16.5. The van der Waals surface area contributed by atoms with Gasteiger partial charge in [0.05, 0.1) is 34.7 Å². The predicted octanol–water partition coefficient (Wildman–Crippen LogP) is 3.58. The molecule has 0 atom stereocenters. The molecular formula is C17H13ClN6OS. The zero-order valence-electron chi connectivity index (χ0n) is 13.4. The largest absolute Gasteiger partial charge is 0.376 e. The lowest BCUT2D eigenvalue weighted by molar-refractivity contribution is -0.114. The van der Waals surface area contributed by atoms with Crippen LogP contribution in [0.5, 0.6) is 0 Å². The van der Waals surface area contributed by atoms with E-state index in [0.717, 1.165) is 28.6 Å². The average Bonchev–Trinajstić information content (AvgIpc) is 3.32. The van der Waals surface area contributed by atoms with Crippen molar-refractivity contribution in [3.8, 4) is 5.69 Å². The van der Waals surface area contributed by atoms with Gasteiger partial charge < -0.3 is 10.6 Å². The third kappa shape index (κ3) is 3.37. The number of nitrogens with one attached hydrogen (secondary N) is 2. The Morgan fingerprint density at radius 2 is 2.12 bits per heavy atom. The van der Waals surface area contributed by atoms with Crippen molar-refractivity contribution in [2.24, 2.45) is 0 Å². The Labute approximate surface area is 157 Å². The topological polar surface area (TPSA) is 84.7 Å². The normalized spacial score (nSPS) is 10.8. The van der Waals surface area contributed by atoms with Crippen LogP contribution in [-0.4, -0.2) is 31.0 Å². The molecule has 130 valence electrons. The molecule has 0 bridgehead atoms. The van der Waals surface area contributed by atoms with E-state index < -0.39 is 0 Å². The first-order valence-corrected chi connectivity index (χ1v) is 8.86. The highest BCUT2D eigenvalue weighted by Gasteiger charge is 2.09. The number of carbonyl (C=O) groups excluding carboxylic acids is 1. The first-order valence-electron chi connectivity index (χ1n) is 7.75. The van der Waals surface area contributed by atoms with Crippen molar-refractivity contribution in [1.82, 2.24) is 18.5 Å². The number of hydrogen-bond acceptors (Lipinski definition) is 6. The summed E-state index contributed by atoms with van der Waals surface area (Å²) in [4.78, 5) is 12.2. The zero-order chi connectivity index (χ0) is 17.9. The Kier molecular flexibility index (Phi) is 4.51.